The highest BCUT2D eigenvalue weighted by atomic mass is 32.2. The lowest BCUT2D eigenvalue weighted by atomic mass is 9.87. The van der Waals surface area contributed by atoms with Crippen LogP contribution in [0.5, 0.6) is 0 Å². The second-order valence-electron chi connectivity index (χ2n) is 25.7. The second kappa shape index (κ2) is 35.9. The van der Waals surface area contributed by atoms with Gasteiger partial charge in [-0.15, -0.1) is 0 Å². The van der Waals surface area contributed by atoms with Crippen molar-refractivity contribution in [3.63, 3.8) is 0 Å². The molecular formula is C60H105N15O13S. The number of thioether (sulfide) groups is 1. The molecule has 4 heterocycles. The Labute approximate surface area is 528 Å². The number of nitrogens with two attached hydrogens (primary N) is 1. The van der Waals surface area contributed by atoms with Crippen LogP contribution in [0.3, 0.4) is 0 Å². The summed E-state index contributed by atoms with van der Waals surface area (Å²) in [6.07, 6.45) is 3.57. The first-order valence-electron chi connectivity index (χ1n) is 32.0. The van der Waals surface area contributed by atoms with Crippen molar-refractivity contribution >= 4 is 82.7 Å². The number of carbonyl (C=O) groups is 11. The van der Waals surface area contributed by atoms with Gasteiger partial charge in [-0.05, 0) is 81.0 Å². The van der Waals surface area contributed by atoms with E-state index in [1.54, 1.807) is 27.7 Å². The average molecular weight is 1280 g/mol. The van der Waals surface area contributed by atoms with Gasteiger partial charge in [-0.2, -0.15) is 11.8 Å². The zero-order valence-electron chi connectivity index (χ0n) is 54.1. The molecule has 28 nitrogen and oxygen atoms in total. The predicted octanol–water partition coefficient (Wildman–Crippen LogP) is -1.55. The summed E-state index contributed by atoms with van der Waals surface area (Å²) < 4.78 is 0. The molecule has 2 bridgehead atoms. The molecule has 16 N–H and O–H groups in total. The number of aliphatic hydroxyl groups is 2. The number of hydrogen-bond acceptors (Lipinski definition) is 16. The molecule has 89 heavy (non-hydrogen) atoms. The van der Waals surface area contributed by atoms with Gasteiger partial charge in [0.2, 0.25) is 65.0 Å². The number of aliphatic hydroxyl groups excluding tert-OH is 2. The molecule has 0 spiro atoms. The van der Waals surface area contributed by atoms with E-state index in [1.807, 2.05) is 48.5 Å². The zero-order valence-corrected chi connectivity index (χ0v) is 55.0. The Morgan fingerprint density at radius 3 is 1.70 bits per heavy atom. The largest absolute Gasteiger partial charge is 0.394 e. The van der Waals surface area contributed by atoms with Crippen molar-refractivity contribution in [2.45, 2.75) is 237 Å². The van der Waals surface area contributed by atoms with Gasteiger partial charge in [0.1, 0.15) is 54.4 Å². The first-order chi connectivity index (χ1) is 42.0. The number of rotatable bonds is 13. The van der Waals surface area contributed by atoms with Gasteiger partial charge in [-0.1, -0.05) is 95.4 Å². The van der Waals surface area contributed by atoms with Crippen molar-refractivity contribution in [3.05, 3.63) is 0 Å². The van der Waals surface area contributed by atoms with Crippen molar-refractivity contribution in [2.24, 2.45) is 28.9 Å². The molecule has 504 valence electrons. The average Bonchev–Trinajstić information content (AvgIpc) is 1.92. The lowest BCUT2D eigenvalue weighted by molar-refractivity contribution is -0.148. The Balaban J connectivity index is 1.93. The third-order valence-electron chi connectivity index (χ3n) is 17.5. The maximum absolute atomic E-state index is 15.1. The van der Waals surface area contributed by atoms with E-state index in [0.717, 1.165) is 11.8 Å². The molecule has 4 rings (SSSR count). The molecule has 16 atom stereocenters. The van der Waals surface area contributed by atoms with Crippen molar-refractivity contribution in [1.82, 2.24) is 68.3 Å². The summed E-state index contributed by atoms with van der Waals surface area (Å²) in [6.45, 7) is 18.6. The van der Waals surface area contributed by atoms with Gasteiger partial charge in [0.05, 0.1) is 25.3 Å². The minimum absolute atomic E-state index is 0.0127. The number of amides is 11. The third kappa shape index (κ3) is 22.2. The third-order valence-corrected chi connectivity index (χ3v) is 19.0. The smallest absolute Gasteiger partial charge is 0.246 e. The zero-order chi connectivity index (χ0) is 66.4. The minimum Gasteiger partial charge on any atom is -0.394 e. The molecule has 29 heteroatoms. The summed E-state index contributed by atoms with van der Waals surface area (Å²) in [7, 11) is 0. The normalized spacial score (nSPS) is 30.8. The number of hydrogen-bond donors (Lipinski definition) is 15. The molecule has 0 aromatic rings. The highest BCUT2D eigenvalue weighted by molar-refractivity contribution is 8.00. The van der Waals surface area contributed by atoms with Gasteiger partial charge in [0.25, 0.3) is 0 Å². The van der Waals surface area contributed by atoms with E-state index in [-0.39, 0.29) is 89.0 Å². The quantitative estimate of drug-likeness (QED) is 0.0564. The Bertz CT molecular complexity index is 2470. The summed E-state index contributed by atoms with van der Waals surface area (Å²) in [5.41, 5.74) is 4.90. The van der Waals surface area contributed by atoms with E-state index >= 15 is 4.79 Å². The summed E-state index contributed by atoms with van der Waals surface area (Å²) >= 11 is 1.16. The van der Waals surface area contributed by atoms with Gasteiger partial charge in [0, 0.05) is 49.6 Å². The number of nitrogens with zero attached hydrogens (tertiary/aromatic N) is 2. The van der Waals surface area contributed by atoms with E-state index in [0.29, 0.717) is 44.9 Å². The van der Waals surface area contributed by atoms with Crippen LogP contribution in [0.15, 0.2) is 0 Å². The van der Waals surface area contributed by atoms with Gasteiger partial charge in [0.15, 0.2) is 5.96 Å². The number of nitrogens with one attached hydrogen (secondary N) is 12. The monoisotopic (exact) mass is 1280 g/mol. The molecule has 0 aromatic heterocycles. The lowest BCUT2D eigenvalue weighted by Gasteiger charge is -2.36. The van der Waals surface area contributed by atoms with Crippen molar-refractivity contribution in [1.29, 1.82) is 5.41 Å². The van der Waals surface area contributed by atoms with Crippen molar-refractivity contribution in [2.75, 3.05) is 45.9 Å². The molecule has 4 aliphatic heterocycles. The van der Waals surface area contributed by atoms with Crippen LogP contribution < -0.4 is 64.2 Å². The van der Waals surface area contributed by atoms with Crippen LogP contribution in [0.1, 0.15) is 160 Å². The van der Waals surface area contributed by atoms with Gasteiger partial charge in [-0.3, -0.25) is 58.1 Å². The topological polar surface area (TPSA) is 417 Å². The maximum atomic E-state index is 15.1. The molecule has 0 saturated carbocycles. The molecule has 0 aliphatic carbocycles. The van der Waals surface area contributed by atoms with Gasteiger partial charge in [-0.25, -0.2) is 0 Å². The molecule has 4 aliphatic rings. The van der Waals surface area contributed by atoms with Crippen LogP contribution in [0, 0.1) is 28.6 Å². The standard InChI is InChI=1S/C60H105N15O13S/c1-12-32(4)45-53(83)63-24-16-15-23-44(78)71-46(33(5)13-2)55(85)73-48-36(8)89-35(7)39(29-65-45)68-54(84)47(34(6)14-3)72-52(82)42-21-18-26-74(42)58(88)43-22-19-27-75(43)57(87)38(28-60(9,10)11)67-51(81)40(30-76)69-49(79)37(20-17-25-64-59(61)62)66-50(80)41(31-77)70-56(48)86/h32-43,45-48,65,76-77H,12-31H2,1-11H3,(H,63,83)(H,66,80)(H,67,81)(H,68,84)(H,69,79)(H,70,86)(H,71,78)(H,72,82)(H,73,85)(H4,61,62,64)/t32-,33-,34-,35?,36?,37-,38-,39+,40-,41-,42-,43-,45-,46+,47-,48-/m0/s1. The van der Waals surface area contributed by atoms with Crippen LogP contribution in [0.25, 0.3) is 0 Å². The Morgan fingerprint density at radius 2 is 1.12 bits per heavy atom. The molecular weight excluding hydrogens is 1170 g/mol. The van der Waals surface area contributed by atoms with Crippen LogP contribution >= 0.6 is 11.8 Å². The number of carbonyl (C=O) groups excluding carboxylic acids is 11. The summed E-state index contributed by atoms with van der Waals surface area (Å²) in [6, 6.07) is -13.8. The van der Waals surface area contributed by atoms with E-state index in [4.69, 9.17) is 11.1 Å². The fourth-order valence-corrected chi connectivity index (χ4v) is 12.9. The second-order valence-corrected chi connectivity index (χ2v) is 27.5. The van der Waals surface area contributed by atoms with E-state index < -0.39 is 166 Å². The molecule has 0 radical (unpaired) electrons. The molecule has 4 saturated heterocycles. The fourth-order valence-electron chi connectivity index (χ4n) is 11.5. The van der Waals surface area contributed by atoms with Crippen LogP contribution in [-0.4, -0.2) is 214 Å². The Kier molecular flexibility index (Phi) is 30.3. The summed E-state index contributed by atoms with van der Waals surface area (Å²) in [5, 5.41) is 58.5. The molecule has 4 fully saturated rings. The molecule has 2 unspecified atom stereocenters. The van der Waals surface area contributed by atoms with Crippen molar-refractivity contribution in [3.8, 4) is 0 Å². The number of guanidine groups is 1. The first-order valence-corrected chi connectivity index (χ1v) is 32.9. The fraction of sp³-hybridized carbons (Fsp3) is 0.800. The minimum atomic E-state index is -1.79. The molecule has 0 aromatic carbocycles. The summed E-state index contributed by atoms with van der Waals surface area (Å²) in [4.78, 5) is 162. The Morgan fingerprint density at radius 1 is 0.607 bits per heavy atom. The lowest BCUT2D eigenvalue weighted by Crippen LogP contribution is -2.63. The highest BCUT2D eigenvalue weighted by Gasteiger charge is 2.46. The van der Waals surface area contributed by atoms with Crippen LogP contribution in [0.4, 0.5) is 0 Å². The predicted molar refractivity (Wildman–Crippen MR) is 336 cm³/mol. The van der Waals surface area contributed by atoms with Gasteiger partial charge < -0.3 is 84.2 Å². The first kappa shape index (κ1) is 75.1. The van der Waals surface area contributed by atoms with Crippen LogP contribution in [0.2, 0.25) is 0 Å². The highest BCUT2D eigenvalue weighted by Crippen LogP contribution is 2.30. The maximum Gasteiger partial charge on any atom is 0.246 e. The van der Waals surface area contributed by atoms with E-state index in [1.165, 1.54) is 9.80 Å². The van der Waals surface area contributed by atoms with Crippen LogP contribution in [-0.2, 0) is 52.7 Å². The van der Waals surface area contributed by atoms with Crippen molar-refractivity contribution < 1.29 is 63.0 Å². The molecule has 11 amide bonds. The van der Waals surface area contributed by atoms with E-state index in [9.17, 15) is 58.2 Å². The van der Waals surface area contributed by atoms with Gasteiger partial charge >= 0.3 is 0 Å². The number of fused-ring (bicyclic) bond motifs is 6. The SMILES string of the molecule is CC[C@H](C)[C@@H]1NC[C@H]2NC(=O)[C@H]([C@@H](C)CC)NC(=O)[C@@H]3CCCN3C(=O)[C@@H]3CCCN3C(=O)[C@H](CC(C)(C)C)NC(=O)[C@H](CO)NC(=O)[C@H](CCCNC(=N)N)NC(=O)[C@H](CO)NC(=O)[C@@H](NC(=O)[C@@H]([C@@H](C)CC)NC(=O)CCCCNC1=O)C(C)SC2C. The van der Waals surface area contributed by atoms with E-state index in [2.05, 4.69) is 58.5 Å². The summed E-state index contributed by atoms with van der Waals surface area (Å²) in [5.74, 6) is -9.27. The Hall–Kier alpha value is -6.33.